The fourth-order valence-electron chi connectivity index (χ4n) is 8.05. The molecule has 2 aliphatic heterocycles. The number of methoxy groups -OCH3 is 2. The van der Waals surface area contributed by atoms with Crippen LogP contribution in [0.5, 0.6) is 17.2 Å². The minimum Gasteiger partial charge on any atom is -0.497 e. The zero-order valence-corrected chi connectivity index (χ0v) is 33.1. The lowest BCUT2D eigenvalue weighted by Crippen LogP contribution is -2.55. The Balaban J connectivity index is 1.24. The molecule has 7 rings (SSSR count). The van der Waals surface area contributed by atoms with Crippen molar-refractivity contribution in [2.45, 2.75) is 102 Å². The quantitative estimate of drug-likeness (QED) is 0.176. The largest absolute Gasteiger partial charge is 0.497 e. The van der Waals surface area contributed by atoms with Crippen molar-refractivity contribution < 1.29 is 33.7 Å². The van der Waals surface area contributed by atoms with Gasteiger partial charge in [-0.3, -0.25) is 4.79 Å². The highest BCUT2D eigenvalue weighted by Gasteiger charge is 2.62. The smallest absolute Gasteiger partial charge is 0.329 e. The second-order valence-electron chi connectivity index (χ2n) is 15.4. The lowest BCUT2D eigenvalue weighted by molar-refractivity contribution is -0.144. The molecule has 0 unspecified atom stereocenters. The van der Waals surface area contributed by atoms with E-state index in [2.05, 4.69) is 19.2 Å². The predicted molar refractivity (Wildman–Crippen MR) is 211 cm³/mol. The summed E-state index contributed by atoms with van der Waals surface area (Å²) in [6.45, 7) is 7.18. The Labute approximate surface area is 326 Å². The number of aryl methyl sites for hydroxylation is 1. The molecule has 3 fully saturated rings. The first-order chi connectivity index (χ1) is 26.5. The molecule has 4 aromatic rings. The third kappa shape index (κ3) is 7.94. The average Bonchev–Trinajstić information content (AvgIpc) is 3.47. The summed E-state index contributed by atoms with van der Waals surface area (Å²) >= 11 is 1.52. The van der Waals surface area contributed by atoms with E-state index in [1.165, 1.54) is 11.3 Å². The molecule has 2 aromatic heterocycles. The number of benzene rings is 2. The molecule has 292 valence electrons. The van der Waals surface area contributed by atoms with Gasteiger partial charge in [0.25, 0.3) is 0 Å². The fraction of sp³-hybridized carbons (Fsp3) is 0.500. The molecule has 3 amide bonds. The number of urea groups is 1. The number of rotatable bonds is 9. The van der Waals surface area contributed by atoms with Gasteiger partial charge in [-0.05, 0) is 67.9 Å². The predicted octanol–water partition coefficient (Wildman–Crippen LogP) is 7.56. The Morgan fingerprint density at radius 2 is 1.78 bits per heavy atom. The van der Waals surface area contributed by atoms with Gasteiger partial charge in [0.1, 0.15) is 45.6 Å². The number of thiazole rings is 1. The molecule has 12 nitrogen and oxygen atoms in total. The maximum absolute atomic E-state index is 14.7. The van der Waals surface area contributed by atoms with E-state index in [-0.39, 0.29) is 30.8 Å². The van der Waals surface area contributed by atoms with Crippen molar-refractivity contribution in [2.75, 3.05) is 27.3 Å². The van der Waals surface area contributed by atoms with Gasteiger partial charge in [-0.2, -0.15) is 0 Å². The molecule has 4 heterocycles. The van der Waals surface area contributed by atoms with E-state index in [1.807, 2.05) is 54.8 Å². The first-order valence-corrected chi connectivity index (χ1v) is 20.2. The molecule has 1 saturated carbocycles. The molecule has 1 aliphatic carbocycles. The van der Waals surface area contributed by atoms with Crippen LogP contribution in [0.4, 0.5) is 4.79 Å². The van der Waals surface area contributed by atoms with E-state index in [0.717, 1.165) is 71.5 Å². The van der Waals surface area contributed by atoms with Gasteiger partial charge in [0.05, 0.1) is 32.0 Å². The fourth-order valence-corrected chi connectivity index (χ4v) is 8.99. The molecule has 13 heteroatoms. The number of carbonyl (C=O) groups is 3. The van der Waals surface area contributed by atoms with Crippen molar-refractivity contribution in [3.05, 3.63) is 64.7 Å². The number of fused-ring (bicyclic) bond motifs is 3. The highest BCUT2D eigenvalue weighted by atomic mass is 32.1. The van der Waals surface area contributed by atoms with Crippen molar-refractivity contribution >= 4 is 40.1 Å². The highest BCUT2D eigenvalue weighted by Crippen LogP contribution is 2.48. The van der Waals surface area contributed by atoms with Crippen LogP contribution < -0.4 is 19.5 Å². The van der Waals surface area contributed by atoms with Crippen molar-refractivity contribution in [2.24, 2.45) is 5.92 Å². The number of hydrogen-bond donors (Lipinski definition) is 2. The molecule has 55 heavy (non-hydrogen) atoms. The second-order valence-corrected chi connectivity index (χ2v) is 16.3. The van der Waals surface area contributed by atoms with Crippen molar-refractivity contribution in [3.8, 4) is 28.0 Å². The Bertz CT molecular complexity index is 2050. The first-order valence-electron chi connectivity index (χ1n) is 19.4. The lowest BCUT2D eigenvalue weighted by Gasteiger charge is -2.32. The molecule has 2 aromatic carbocycles. The number of aliphatic carboxylic acids is 1. The van der Waals surface area contributed by atoms with E-state index < -0.39 is 29.6 Å². The van der Waals surface area contributed by atoms with Crippen LogP contribution in [0.25, 0.3) is 21.6 Å². The molecular weight excluding hydrogens is 719 g/mol. The van der Waals surface area contributed by atoms with Crippen LogP contribution in [0.3, 0.4) is 0 Å². The number of carboxylic acid groups (broad SMARTS) is 1. The van der Waals surface area contributed by atoms with Crippen molar-refractivity contribution in [1.82, 2.24) is 25.1 Å². The standard InChI is InChI=1S/C42H51N5O7S/c1-25(2)33-24-55-39(44-33)32-20-36(31-16-17-35(53-5)26(3)37(31)43-32)54-30-19-34-38(48)45-42(40(49)50)21-28(42)11-9-7-6-8-10-18-46(41(51)47(34)23-30)22-27-12-14-29(52-4)15-13-27/h12-17,20,24-25,28,30,34H,6-11,18-19,21-23H2,1-5H3,(H,45,48)(H,49,50)/t28-,30-,34+,42-/m1/s1. The van der Waals surface area contributed by atoms with Crippen LogP contribution in [0.15, 0.2) is 47.8 Å². The molecule has 2 saturated heterocycles. The van der Waals surface area contributed by atoms with E-state index in [0.29, 0.717) is 42.2 Å². The minimum absolute atomic E-state index is 0.132. The van der Waals surface area contributed by atoms with Crippen LogP contribution in [0.1, 0.15) is 88.0 Å². The van der Waals surface area contributed by atoms with Crippen molar-refractivity contribution in [3.63, 3.8) is 0 Å². The Kier molecular flexibility index (Phi) is 11.2. The van der Waals surface area contributed by atoms with Crippen LogP contribution in [-0.4, -0.2) is 87.8 Å². The van der Waals surface area contributed by atoms with E-state index in [9.17, 15) is 19.5 Å². The SMILES string of the molecule is COc1ccc(CN2CCCCCCC[C@@H]3C[C@@]3(C(=O)O)NC(=O)[C@@H]3C[C@@H](Oc4cc(-c5nc(C(C)C)cs5)nc5c(C)c(OC)ccc45)CN3C2=O)cc1. The number of hydrogen-bond acceptors (Lipinski definition) is 9. The molecule has 4 atom stereocenters. The number of amides is 3. The van der Waals surface area contributed by atoms with Crippen LogP contribution >= 0.6 is 11.3 Å². The maximum Gasteiger partial charge on any atom is 0.329 e. The van der Waals surface area contributed by atoms with Gasteiger partial charge in [0, 0.05) is 41.9 Å². The van der Waals surface area contributed by atoms with Crippen LogP contribution in [0, 0.1) is 12.8 Å². The summed E-state index contributed by atoms with van der Waals surface area (Å²) in [5.74, 6) is 0.620. The molecule has 3 aliphatic rings. The summed E-state index contributed by atoms with van der Waals surface area (Å²) in [5, 5.41) is 16.9. The summed E-state index contributed by atoms with van der Waals surface area (Å²) in [4.78, 5) is 55.0. The zero-order valence-electron chi connectivity index (χ0n) is 32.3. The van der Waals surface area contributed by atoms with Crippen LogP contribution in [0.2, 0.25) is 0 Å². The van der Waals surface area contributed by atoms with Gasteiger partial charge in [-0.25, -0.2) is 19.6 Å². The number of nitrogens with zero attached hydrogens (tertiary/aromatic N) is 4. The van der Waals surface area contributed by atoms with Gasteiger partial charge in [-0.15, -0.1) is 11.3 Å². The number of carbonyl (C=O) groups excluding carboxylic acids is 2. The Morgan fingerprint density at radius 3 is 2.49 bits per heavy atom. The summed E-state index contributed by atoms with van der Waals surface area (Å²) in [6, 6.07) is 12.1. The van der Waals surface area contributed by atoms with Gasteiger partial charge >= 0.3 is 12.0 Å². The molecule has 0 spiro atoms. The topological polar surface area (TPSA) is 143 Å². The summed E-state index contributed by atoms with van der Waals surface area (Å²) in [5.41, 5.74) is 2.83. The minimum atomic E-state index is -1.32. The monoisotopic (exact) mass is 769 g/mol. The van der Waals surface area contributed by atoms with Crippen molar-refractivity contribution in [1.29, 1.82) is 0 Å². The third-order valence-corrected chi connectivity index (χ3v) is 12.3. The molecule has 2 N–H and O–H groups in total. The summed E-state index contributed by atoms with van der Waals surface area (Å²) in [6.07, 6.45) is 5.42. The lowest BCUT2D eigenvalue weighted by atomic mass is 10.0. The van der Waals surface area contributed by atoms with E-state index in [1.54, 1.807) is 24.0 Å². The highest BCUT2D eigenvalue weighted by molar-refractivity contribution is 7.13. The first kappa shape index (κ1) is 38.4. The van der Waals surface area contributed by atoms with Gasteiger partial charge in [0.15, 0.2) is 0 Å². The zero-order chi connectivity index (χ0) is 38.9. The van der Waals surface area contributed by atoms with E-state index in [4.69, 9.17) is 24.2 Å². The average molecular weight is 770 g/mol. The van der Waals surface area contributed by atoms with Gasteiger partial charge < -0.3 is 34.4 Å². The van der Waals surface area contributed by atoms with Gasteiger partial charge in [0.2, 0.25) is 5.91 Å². The third-order valence-electron chi connectivity index (χ3n) is 11.4. The number of ether oxygens (including phenoxy) is 3. The number of nitrogens with one attached hydrogen (secondary N) is 1. The second kappa shape index (κ2) is 16.1. The van der Waals surface area contributed by atoms with Gasteiger partial charge in [-0.1, -0.05) is 51.7 Å². The maximum atomic E-state index is 14.7. The molecule has 0 radical (unpaired) electrons. The number of carboxylic acids is 1. The summed E-state index contributed by atoms with van der Waals surface area (Å²) < 4.78 is 17.8. The number of aromatic nitrogens is 2. The Morgan fingerprint density at radius 1 is 1.02 bits per heavy atom. The van der Waals surface area contributed by atoms with Crippen LogP contribution in [-0.2, 0) is 16.1 Å². The normalized spacial score (nSPS) is 23.4. The summed E-state index contributed by atoms with van der Waals surface area (Å²) in [7, 11) is 3.25. The molecular formula is C42H51N5O7S. The molecule has 0 bridgehead atoms. The Hall–Kier alpha value is -4.91. The number of pyridine rings is 1. The van der Waals surface area contributed by atoms with E-state index >= 15 is 0 Å².